The van der Waals surface area contributed by atoms with Crippen LogP contribution in [0.25, 0.3) is 0 Å². The molecule has 9 nitrogen and oxygen atoms in total. The molecule has 0 heterocycles. The van der Waals surface area contributed by atoms with Gasteiger partial charge in [-0.3, -0.25) is 14.9 Å². The summed E-state index contributed by atoms with van der Waals surface area (Å²) in [7, 11) is 2.86. The zero-order chi connectivity index (χ0) is 20.9. The highest BCUT2D eigenvalue weighted by atomic mass is 16.6. The normalized spacial score (nSPS) is 16.4. The van der Waals surface area contributed by atoms with Crippen molar-refractivity contribution in [2.45, 2.75) is 50.7 Å². The van der Waals surface area contributed by atoms with Gasteiger partial charge in [0.1, 0.15) is 16.9 Å². The second-order valence-electron chi connectivity index (χ2n) is 6.79. The average Bonchev–Trinajstić information content (AvgIpc) is 2.72. The van der Waals surface area contributed by atoms with Gasteiger partial charge < -0.3 is 14.4 Å². The number of methoxy groups -OCH3 is 1. The average molecular weight is 389 g/mol. The molecule has 0 aliphatic heterocycles. The van der Waals surface area contributed by atoms with Gasteiger partial charge in [-0.05, 0) is 25.8 Å². The van der Waals surface area contributed by atoms with E-state index in [0.717, 1.165) is 25.3 Å². The van der Waals surface area contributed by atoms with Crippen LogP contribution in [0.4, 0.5) is 5.69 Å². The van der Waals surface area contributed by atoms with E-state index in [1.165, 1.54) is 38.1 Å². The monoisotopic (exact) mass is 389 g/mol. The third kappa shape index (κ3) is 4.22. The van der Waals surface area contributed by atoms with E-state index in [4.69, 9.17) is 9.47 Å². The fourth-order valence-corrected chi connectivity index (χ4v) is 3.39. The molecule has 0 bridgehead atoms. The van der Waals surface area contributed by atoms with E-state index in [0.29, 0.717) is 12.8 Å². The lowest BCUT2D eigenvalue weighted by molar-refractivity contribution is -0.384. The number of nitrogens with zero attached hydrogens (tertiary/aromatic N) is 3. The maximum atomic E-state index is 12.8. The van der Waals surface area contributed by atoms with Crippen LogP contribution in [0.5, 0.6) is 5.75 Å². The van der Waals surface area contributed by atoms with Crippen LogP contribution in [0.1, 0.15) is 49.4 Å². The first-order valence-electron chi connectivity index (χ1n) is 8.98. The molecule has 0 aromatic heterocycles. The molecule has 2 rings (SSSR count). The van der Waals surface area contributed by atoms with Crippen LogP contribution in [0.2, 0.25) is 0 Å². The Morgan fingerprint density at radius 2 is 1.96 bits per heavy atom. The molecule has 150 valence electrons. The maximum Gasteiger partial charge on any atom is 0.342 e. The molecule has 0 saturated heterocycles. The van der Waals surface area contributed by atoms with Crippen LogP contribution in [0, 0.1) is 21.4 Å². The molecule has 1 amide bonds. The van der Waals surface area contributed by atoms with Crippen molar-refractivity contribution >= 4 is 17.6 Å². The molecule has 1 aliphatic carbocycles. The minimum absolute atomic E-state index is 0.101. The van der Waals surface area contributed by atoms with Crippen LogP contribution in [-0.2, 0) is 9.53 Å². The maximum absolute atomic E-state index is 12.8. The number of non-ortho nitro benzene ring substituents is 1. The summed E-state index contributed by atoms with van der Waals surface area (Å²) in [6.07, 6.45) is 2.71. The standard InChI is InChI=1S/C19H23N3O6/c1-13(17(23)21(2)19(12-20)9-5-4-6-10-19)28-18(24)15-11-14(22(25)26)7-8-16(15)27-3/h7-8,11,13H,4-6,9-10H2,1-3H3/t13-/m0/s1. The highest BCUT2D eigenvalue weighted by Crippen LogP contribution is 2.33. The van der Waals surface area contributed by atoms with Crippen molar-refractivity contribution in [1.29, 1.82) is 5.26 Å². The number of benzene rings is 1. The summed E-state index contributed by atoms with van der Waals surface area (Å²) in [5.41, 5.74) is -1.35. The van der Waals surface area contributed by atoms with Gasteiger partial charge in [-0.25, -0.2) is 4.79 Å². The lowest BCUT2D eigenvalue weighted by Crippen LogP contribution is -2.53. The number of carbonyl (C=O) groups is 2. The van der Waals surface area contributed by atoms with Crippen LogP contribution in [-0.4, -0.2) is 47.5 Å². The largest absolute Gasteiger partial charge is 0.496 e. The van der Waals surface area contributed by atoms with E-state index < -0.39 is 28.4 Å². The number of hydrogen-bond acceptors (Lipinski definition) is 7. The number of carbonyl (C=O) groups excluding carboxylic acids is 2. The fourth-order valence-electron chi connectivity index (χ4n) is 3.39. The van der Waals surface area contributed by atoms with E-state index in [2.05, 4.69) is 6.07 Å². The third-order valence-corrected chi connectivity index (χ3v) is 5.11. The molecule has 1 aromatic carbocycles. The van der Waals surface area contributed by atoms with Gasteiger partial charge in [-0.2, -0.15) is 5.26 Å². The lowest BCUT2D eigenvalue weighted by atomic mass is 9.81. The van der Waals surface area contributed by atoms with Gasteiger partial charge in [0.25, 0.3) is 11.6 Å². The third-order valence-electron chi connectivity index (χ3n) is 5.11. The second-order valence-corrected chi connectivity index (χ2v) is 6.79. The summed E-state index contributed by atoms with van der Waals surface area (Å²) in [4.78, 5) is 36.9. The number of amides is 1. The van der Waals surface area contributed by atoms with Crippen LogP contribution >= 0.6 is 0 Å². The Balaban J connectivity index is 2.17. The van der Waals surface area contributed by atoms with Crippen molar-refractivity contribution in [3.05, 3.63) is 33.9 Å². The SMILES string of the molecule is COc1ccc([N+](=O)[O-])cc1C(=O)O[C@@H](C)C(=O)N(C)C1(C#N)CCCCC1. The van der Waals surface area contributed by atoms with Gasteiger partial charge in [0.05, 0.1) is 18.1 Å². The van der Waals surface area contributed by atoms with Gasteiger partial charge in [-0.1, -0.05) is 19.3 Å². The molecule has 0 N–H and O–H groups in total. The van der Waals surface area contributed by atoms with Crippen molar-refractivity contribution in [1.82, 2.24) is 4.90 Å². The van der Waals surface area contributed by atoms with Gasteiger partial charge in [0.15, 0.2) is 6.10 Å². The van der Waals surface area contributed by atoms with E-state index in [1.54, 1.807) is 0 Å². The fraction of sp³-hybridized carbons (Fsp3) is 0.526. The summed E-state index contributed by atoms with van der Waals surface area (Å²) < 4.78 is 10.3. The Kier molecular flexibility index (Phi) is 6.57. The number of hydrogen-bond donors (Lipinski definition) is 0. The summed E-state index contributed by atoms with van der Waals surface area (Å²) in [5.74, 6) is -1.31. The minimum Gasteiger partial charge on any atom is -0.496 e. The molecule has 0 spiro atoms. The topological polar surface area (TPSA) is 123 Å². The first kappa shape index (κ1) is 21.2. The van der Waals surface area contributed by atoms with Crippen molar-refractivity contribution in [2.24, 2.45) is 0 Å². The van der Waals surface area contributed by atoms with Gasteiger partial charge in [0, 0.05) is 19.2 Å². The summed E-state index contributed by atoms with van der Waals surface area (Å²) in [5, 5.41) is 20.6. The lowest BCUT2D eigenvalue weighted by Gasteiger charge is -2.39. The number of likely N-dealkylation sites (N-methyl/N-ethyl adjacent to an activating group) is 1. The molecule has 9 heteroatoms. The number of esters is 1. The quantitative estimate of drug-likeness (QED) is 0.416. The highest BCUT2D eigenvalue weighted by Gasteiger charge is 2.41. The summed E-state index contributed by atoms with van der Waals surface area (Å²) in [6, 6.07) is 5.79. The highest BCUT2D eigenvalue weighted by molar-refractivity contribution is 5.95. The van der Waals surface area contributed by atoms with Crippen LogP contribution < -0.4 is 4.74 Å². The summed E-state index contributed by atoms with van der Waals surface area (Å²) >= 11 is 0. The molecule has 1 aromatic rings. The first-order chi connectivity index (χ1) is 13.3. The smallest absolute Gasteiger partial charge is 0.342 e. The Bertz CT molecular complexity index is 810. The Hall–Kier alpha value is -3.15. The number of nitro groups is 1. The molecule has 1 atom stereocenters. The van der Waals surface area contributed by atoms with E-state index >= 15 is 0 Å². The Labute approximate surface area is 163 Å². The molecule has 1 saturated carbocycles. The zero-order valence-corrected chi connectivity index (χ0v) is 16.1. The van der Waals surface area contributed by atoms with Crippen molar-refractivity contribution in [2.75, 3.05) is 14.2 Å². The van der Waals surface area contributed by atoms with Crippen molar-refractivity contribution in [3.63, 3.8) is 0 Å². The predicted octanol–water partition coefficient (Wildman–Crippen LogP) is 2.83. The predicted molar refractivity (Wildman–Crippen MR) is 98.7 cm³/mol. The van der Waals surface area contributed by atoms with Crippen LogP contribution in [0.15, 0.2) is 18.2 Å². The zero-order valence-electron chi connectivity index (χ0n) is 16.1. The number of nitro benzene ring substituents is 1. The Morgan fingerprint density at radius 1 is 1.32 bits per heavy atom. The van der Waals surface area contributed by atoms with Crippen LogP contribution in [0.3, 0.4) is 0 Å². The van der Waals surface area contributed by atoms with E-state index in [1.807, 2.05) is 0 Å². The number of ether oxygens (including phenoxy) is 2. The molecule has 0 radical (unpaired) electrons. The Morgan fingerprint density at radius 3 is 2.50 bits per heavy atom. The van der Waals surface area contributed by atoms with Gasteiger partial charge in [-0.15, -0.1) is 0 Å². The molecule has 28 heavy (non-hydrogen) atoms. The molecule has 0 unspecified atom stereocenters. The molecular weight excluding hydrogens is 366 g/mol. The second kappa shape index (κ2) is 8.69. The first-order valence-corrected chi connectivity index (χ1v) is 8.98. The van der Waals surface area contributed by atoms with Crippen molar-refractivity contribution in [3.8, 4) is 11.8 Å². The molecule has 1 aliphatic rings. The number of rotatable bonds is 6. The van der Waals surface area contributed by atoms with E-state index in [9.17, 15) is 25.0 Å². The minimum atomic E-state index is -1.16. The van der Waals surface area contributed by atoms with Gasteiger partial charge >= 0.3 is 5.97 Å². The molecular formula is C19H23N3O6. The van der Waals surface area contributed by atoms with E-state index in [-0.39, 0.29) is 17.0 Å². The summed E-state index contributed by atoms with van der Waals surface area (Å²) in [6.45, 7) is 1.41. The van der Waals surface area contributed by atoms with Crippen molar-refractivity contribution < 1.29 is 24.0 Å². The number of nitriles is 1. The van der Waals surface area contributed by atoms with Gasteiger partial charge in [0.2, 0.25) is 0 Å². The molecule has 1 fully saturated rings.